The molecular weight excluding hydrogens is 373 g/mol. The number of benzene rings is 3. The molecule has 0 radical (unpaired) electrons. The lowest BCUT2D eigenvalue weighted by Crippen LogP contribution is -2.11. The van der Waals surface area contributed by atoms with E-state index in [9.17, 15) is 4.39 Å². The summed E-state index contributed by atoms with van der Waals surface area (Å²) in [5.41, 5.74) is 5.75. The van der Waals surface area contributed by atoms with Crippen LogP contribution in [0.5, 0.6) is 0 Å². The van der Waals surface area contributed by atoms with Crippen LogP contribution in [0.4, 0.5) is 4.39 Å². The lowest BCUT2D eigenvalue weighted by molar-refractivity contribution is 0.590. The van der Waals surface area contributed by atoms with Crippen LogP contribution < -0.4 is 0 Å². The van der Waals surface area contributed by atoms with Crippen molar-refractivity contribution in [2.24, 2.45) is 0 Å². The van der Waals surface area contributed by atoms with Crippen molar-refractivity contribution < 1.29 is 4.39 Å². The first kappa shape index (κ1) is 18.5. The van der Waals surface area contributed by atoms with E-state index in [1.54, 1.807) is 12.3 Å². The lowest BCUT2D eigenvalue weighted by Gasteiger charge is -2.19. The zero-order chi connectivity index (χ0) is 20.9. The van der Waals surface area contributed by atoms with Gasteiger partial charge in [-0.3, -0.25) is 4.98 Å². The second-order valence-electron chi connectivity index (χ2n) is 8.61. The maximum Gasteiger partial charge on any atom is 0.125 e. The molecule has 5 rings (SSSR count). The van der Waals surface area contributed by atoms with Crippen LogP contribution in [-0.4, -0.2) is 14.8 Å². The van der Waals surface area contributed by atoms with E-state index in [-0.39, 0.29) is 11.2 Å². The number of aromatic nitrogens is 3. The van der Waals surface area contributed by atoms with Crippen molar-refractivity contribution in [1.29, 1.82) is 0 Å². The minimum atomic E-state index is -0.293. The van der Waals surface area contributed by atoms with Crippen molar-refractivity contribution in [3.8, 4) is 16.9 Å². The number of hydrogen-bond acceptors (Lipinski definition) is 2. The predicted octanol–water partition coefficient (Wildman–Crippen LogP) is 6.68. The molecule has 2 aromatic heterocycles. The Bertz CT molecular complexity index is 1360. The van der Waals surface area contributed by atoms with Gasteiger partial charge in [0, 0.05) is 28.6 Å². The molecule has 5 aromatic rings. The smallest absolute Gasteiger partial charge is 0.125 e. The van der Waals surface area contributed by atoms with Gasteiger partial charge >= 0.3 is 0 Å². The number of rotatable bonds is 2. The molecule has 0 amide bonds. The lowest BCUT2D eigenvalue weighted by atomic mass is 9.87. The summed E-state index contributed by atoms with van der Waals surface area (Å²) >= 11 is 0. The van der Waals surface area contributed by atoms with Crippen LogP contribution in [0.1, 0.15) is 26.3 Å². The minimum absolute atomic E-state index is 0.0774. The highest BCUT2D eigenvalue weighted by atomic mass is 19.1. The first-order valence-electron chi connectivity index (χ1n) is 10.1. The second-order valence-corrected chi connectivity index (χ2v) is 8.61. The normalized spacial score (nSPS) is 12.0. The van der Waals surface area contributed by atoms with Crippen molar-refractivity contribution in [3.05, 3.63) is 90.4 Å². The van der Waals surface area contributed by atoms with Gasteiger partial charge in [0.15, 0.2) is 0 Å². The van der Waals surface area contributed by atoms with Gasteiger partial charge in [0.05, 0.1) is 16.7 Å². The first-order valence-corrected chi connectivity index (χ1v) is 10.1. The van der Waals surface area contributed by atoms with Gasteiger partial charge in [0.2, 0.25) is 0 Å². The van der Waals surface area contributed by atoms with Gasteiger partial charge in [-0.1, -0.05) is 63.2 Å². The SMILES string of the molecule is CC(C)(C)c1ccc(-n2nc(-c3ccccc3)c3cnc4cc(F)ccc4c32)cc1. The first-order chi connectivity index (χ1) is 14.4. The van der Waals surface area contributed by atoms with Crippen LogP contribution in [0.2, 0.25) is 0 Å². The van der Waals surface area contributed by atoms with Crippen molar-refractivity contribution in [2.75, 3.05) is 0 Å². The van der Waals surface area contributed by atoms with Crippen molar-refractivity contribution in [1.82, 2.24) is 14.8 Å². The fraction of sp³-hybridized carbons (Fsp3) is 0.154. The van der Waals surface area contributed by atoms with Gasteiger partial charge < -0.3 is 0 Å². The highest BCUT2D eigenvalue weighted by Gasteiger charge is 2.18. The molecule has 0 unspecified atom stereocenters. The maximum absolute atomic E-state index is 13.8. The average Bonchev–Trinajstić information content (AvgIpc) is 3.13. The number of hydrogen-bond donors (Lipinski definition) is 0. The molecule has 0 aliphatic carbocycles. The molecule has 0 spiro atoms. The Morgan fingerprint density at radius 2 is 1.57 bits per heavy atom. The molecule has 0 saturated carbocycles. The molecule has 0 bridgehead atoms. The number of halogens is 1. The maximum atomic E-state index is 13.8. The molecule has 0 fully saturated rings. The average molecular weight is 395 g/mol. The van der Waals surface area contributed by atoms with E-state index in [1.807, 2.05) is 35.0 Å². The predicted molar refractivity (Wildman–Crippen MR) is 120 cm³/mol. The Balaban J connectivity index is 1.82. The molecular formula is C26H22FN3. The second kappa shape index (κ2) is 6.77. The largest absolute Gasteiger partial charge is 0.255 e. The minimum Gasteiger partial charge on any atom is -0.255 e. The van der Waals surface area contributed by atoms with Gasteiger partial charge in [-0.15, -0.1) is 0 Å². The summed E-state index contributed by atoms with van der Waals surface area (Å²) in [7, 11) is 0. The summed E-state index contributed by atoms with van der Waals surface area (Å²) in [4.78, 5) is 4.52. The van der Waals surface area contributed by atoms with E-state index in [2.05, 4.69) is 50.0 Å². The molecule has 0 atom stereocenters. The third-order valence-electron chi connectivity index (χ3n) is 5.49. The summed E-state index contributed by atoms with van der Waals surface area (Å²) in [6.07, 6.45) is 1.80. The molecule has 0 aliphatic rings. The van der Waals surface area contributed by atoms with Crippen molar-refractivity contribution in [2.45, 2.75) is 26.2 Å². The quantitative estimate of drug-likeness (QED) is 0.334. The van der Waals surface area contributed by atoms with Gasteiger partial charge in [0.25, 0.3) is 0 Å². The molecule has 0 N–H and O–H groups in total. The van der Waals surface area contributed by atoms with E-state index in [4.69, 9.17) is 5.10 Å². The highest BCUT2D eigenvalue weighted by Crippen LogP contribution is 2.34. The Morgan fingerprint density at radius 1 is 0.833 bits per heavy atom. The van der Waals surface area contributed by atoms with Crippen LogP contribution in [0.15, 0.2) is 79.0 Å². The van der Waals surface area contributed by atoms with E-state index in [0.29, 0.717) is 5.52 Å². The molecule has 0 aliphatic heterocycles. The van der Waals surface area contributed by atoms with E-state index in [1.165, 1.54) is 17.7 Å². The fourth-order valence-corrected chi connectivity index (χ4v) is 3.86. The van der Waals surface area contributed by atoms with E-state index in [0.717, 1.165) is 33.2 Å². The Morgan fingerprint density at radius 3 is 2.27 bits per heavy atom. The molecule has 3 aromatic carbocycles. The Kier molecular flexibility index (Phi) is 4.17. The number of pyridine rings is 1. The molecule has 30 heavy (non-hydrogen) atoms. The summed E-state index contributed by atoms with van der Waals surface area (Å²) in [5.74, 6) is -0.293. The molecule has 2 heterocycles. The van der Waals surface area contributed by atoms with Gasteiger partial charge in [0.1, 0.15) is 11.5 Å². The zero-order valence-electron chi connectivity index (χ0n) is 17.2. The van der Waals surface area contributed by atoms with Crippen LogP contribution >= 0.6 is 0 Å². The topological polar surface area (TPSA) is 30.7 Å². The highest BCUT2D eigenvalue weighted by molar-refractivity contribution is 6.08. The molecule has 148 valence electrons. The third kappa shape index (κ3) is 3.05. The Labute approximate surface area is 174 Å². The van der Waals surface area contributed by atoms with Crippen molar-refractivity contribution in [3.63, 3.8) is 0 Å². The fourth-order valence-electron chi connectivity index (χ4n) is 3.86. The number of fused-ring (bicyclic) bond motifs is 3. The van der Waals surface area contributed by atoms with Gasteiger partial charge in [-0.25, -0.2) is 9.07 Å². The third-order valence-corrected chi connectivity index (χ3v) is 5.49. The Hall–Kier alpha value is -3.53. The van der Waals surface area contributed by atoms with Crippen LogP contribution in [0.25, 0.3) is 38.8 Å². The van der Waals surface area contributed by atoms with Gasteiger partial charge in [-0.05, 0) is 35.2 Å². The molecule has 0 saturated heterocycles. The summed E-state index contributed by atoms with van der Waals surface area (Å²) in [6.45, 7) is 6.60. The standard InChI is InChI=1S/C26H22FN3/c1-26(2,3)18-9-12-20(13-10-18)30-25-21-14-11-19(27)15-23(21)28-16-22(25)24(29-30)17-7-5-4-6-8-17/h4-16H,1-3H3. The van der Waals surface area contributed by atoms with Crippen LogP contribution in [-0.2, 0) is 5.41 Å². The monoisotopic (exact) mass is 395 g/mol. The summed E-state index contributed by atoms with van der Waals surface area (Å²) in [6, 6.07) is 23.3. The summed E-state index contributed by atoms with van der Waals surface area (Å²) < 4.78 is 15.8. The van der Waals surface area contributed by atoms with E-state index >= 15 is 0 Å². The van der Waals surface area contributed by atoms with Crippen molar-refractivity contribution >= 4 is 21.8 Å². The van der Waals surface area contributed by atoms with Crippen LogP contribution in [0, 0.1) is 5.82 Å². The molecule has 4 heteroatoms. The number of nitrogens with zero attached hydrogens (tertiary/aromatic N) is 3. The zero-order valence-corrected chi connectivity index (χ0v) is 17.2. The summed E-state index contributed by atoms with van der Waals surface area (Å²) in [5, 5.41) is 6.80. The van der Waals surface area contributed by atoms with Gasteiger partial charge in [-0.2, -0.15) is 5.10 Å². The van der Waals surface area contributed by atoms with Crippen LogP contribution in [0.3, 0.4) is 0 Å². The molecule has 3 nitrogen and oxygen atoms in total. The van der Waals surface area contributed by atoms with E-state index < -0.39 is 0 Å².